The van der Waals surface area contributed by atoms with E-state index in [1.165, 1.54) is 0 Å². The van der Waals surface area contributed by atoms with Crippen molar-refractivity contribution in [2.75, 3.05) is 13.7 Å². The summed E-state index contributed by atoms with van der Waals surface area (Å²) in [5.74, 6) is 0.910. The highest BCUT2D eigenvalue weighted by Gasteiger charge is 1.82. The predicted octanol–water partition coefficient (Wildman–Crippen LogP) is 1.02. The minimum Gasteiger partial charge on any atom is -0.497 e. The van der Waals surface area contributed by atoms with Crippen LogP contribution >= 0.6 is 0 Å². The van der Waals surface area contributed by atoms with Crippen LogP contribution in [0.2, 0.25) is 0 Å². The minimum absolute atomic E-state index is 0.338. The second kappa shape index (κ2) is 7.58. The van der Waals surface area contributed by atoms with Gasteiger partial charge < -0.3 is 15.6 Å². The van der Waals surface area contributed by atoms with E-state index in [9.17, 15) is 0 Å². The molecule has 0 fully saturated rings. The number of aliphatic hydroxyl groups is 1. The van der Waals surface area contributed by atoms with Gasteiger partial charge in [-0.25, -0.2) is 0 Å². The van der Waals surface area contributed by atoms with Crippen LogP contribution in [0.3, 0.4) is 0 Å². The molecule has 0 amide bonds. The van der Waals surface area contributed by atoms with Crippen molar-refractivity contribution in [3.05, 3.63) is 30.3 Å². The molecule has 0 radical (unpaired) electrons. The van der Waals surface area contributed by atoms with Gasteiger partial charge in [0, 0.05) is 6.54 Å². The first-order chi connectivity index (χ1) is 6.20. The van der Waals surface area contributed by atoms with Crippen molar-refractivity contribution >= 4 is 0 Å². The first-order valence-electron chi connectivity index (χ1n) is 4.18. The Bertz CT molecular complexity index is 199. The quantitative estimate of drug-likeness (QED) is 0.719. The maximum absolute atomic E-state index is 8.24. The number of methoxy groups -OCH3 is 1. The van der Waals surface area contributed by atoms with Crippen molar-refractivity contribution < 1.29 is 9.84 Å². The summed E-state index contributed by atoms with van der Waals surface area (Å²) in [4.78, 5) is 0. The molecule has 0 heterocycles. The molecule has 13 heavy (non-hydrogen) atoms. The van der Waals surface area contributed by atoms with E-state index >= 15 is 0 Å². The number of hydrogen-bond donors (Lipinski definition) is 2. The van der Waals surface area contributed by atoms with Crippen LogP contribution in [0.1, 0.15) is 6.92 Å². The molecule has 1 aromatic rings. The molecule has 0 spiro atoms. The maximum Gasteiger partial charge on any atom is 0.118 e. The van der Waals surface area contributed by atoms with Gasteiger partial charge in [-0.15, -0.1) is 0 Å². The fourth-order valence-electron chi connectivity index (χ4n) is 0.557. The summed E-state index contributed by atoms with van der Waals surface area (Å²) < 4.78 is 4.91. The molecule has 0 aliphatic carbocycles. The topological polar surface area (TPSA) is 55.5 Å². The Morgan fingerprint density at radius 1 is 1.38 bits per heavy atom. The third-order valence-electron chi connectivity index (χ3n) is 1.32. The van der Waals surface area contributed by atoms with Crippen LogP contribution in [0.5, 0.6) is 5.75 Å². The van der Waals surface area contributed by atoms with Crippen molar-refractivity contribution in [1.82, 2.24) is 0 Å². The van der Waals surface area contributed by atoms with Crippen LogP contribution in [-0.4, -0.2) is 24.9 Å². The molecule has 0 saturated carbocycles. The fourth-order valence-corrected chi connectivity index (χ4v) is 0.557. The summed E-state index contributed by atoms with van der Waals surface area (Å²) in [5.41, 5.74) is 4.92. The molecule has 1 atom stereocenters. The Balaban J connectivity index is 0.000000252. The number of aliphatic hydroxyl groups excluding tert-OH is 1. The lowest BCUT2D eigenvalue weighted by molar-refractivity contribution is 0.203. The van der Waals surface area contributed by atoms with E-state index in [0.717, 1.165) is 5.75 Å². The van der Waals surface area contributed by atoms with Gasteiger partial charge in [-0.1, -0.05) is 18.2 Å². The van der Waals surface area contributed by atoms with Crippen LogP contribution < -0.4 is 10.5 Å². The van der Waals surface area contributed by atoms with E-state index in [1.54, 1.807) is 14.0 Å². The summed E-state index contributed by atoms with van der Waals surface area (Å²) >= 11 is 0. The molecule has 0 aromatic heterocycles. The molecule has 3 heteroatoms. The summed E-state index contributed by atoms with van der Waals surface area (Å²) in [6.07, 6.45) is -0.338. The second-order valence-electron chi connectivity index (χ2n) is 2.60. The number of ether oxygens (including phenoxy) is 1. The molecule has 0 saturated heterocycles. The van der Waals surface area contributed by atoms with E-state index < -0.39 is 0 Å². The number of para-hydroxylation sites is 1. The highest BCUT2D eigenvalue weighted by atomic mass is 16.5. The van der Waals surface area contributed by atoms with Crippen molar-refractivity contribution in [1.29, 1.82) is 0 Å². The lowest BCUT2D eigenvalue weighted by atomic mass is 10.3. The first kappa shape index (κ1) is 11.9. The highest BCUT2D eigenvalue weighted by molar-refractivity contribution is 5.20. The molecule has 0 bridgehead atoms. The van der Waals surface area contributed by atoms with E-state index in [4.69, 9.17) is 15.6 Å². The van der Waals surface area contributed by atoms with Crippen molar-refractivity contribution in [2.45, 2.75) is 13.0 Å². The van der Waals surface area contributed by atoms with E-state index in [2.05, 4.69) is 0 Å². The Labute approximate surface area is 79.1 Å². The zero-order valence-corrected chi connectivity index (χ0v) is 8.10. The number of rotatable bonds is 2. The van der Waals surface area contributed by atoms with Crippen LogP contribution in [0.4, 0.5) is 0 Å². The molecule has 1 unspecified atom stereocenters. The predicted molar refractivity (Wildman–Crippen MR) is 53.7 cm³/mol. The van der Waals surface area contributed by atoms with Gasteiger partial charge in [-0.2, -0.15) is 0 Å². The summed E-state index contributed by atoms with van der Waals surface area (Å²) in [5, 5.41) is 8.24. The second-order valence-corrected chi connectivity index (χ2v) is 2.60. The summed E-state index contributed by atoms with van der Waals surface area (Å²) in [6, 6.07) is 9.68. The average molecular weight is 183 g/mol. The average Bonchev–Trinajstić information content (AvgIpc) is 2.20. The van der Waals surface area contributed by atoms with Crippen LogP contribution in [0.25, 0.3) is 0 Å². The van der Waals surface area contributed by atoms with Gasteiger partial charge in [0.05, 0.1) is 13.2 Å². The van der Waals surface area contributed by atoms with E-state index in [-0.39, 0.29) is 6.10 Å². The molecule has 0 aliphatic heterocycles. The van der Waals surface area contributed by atoms with Crippen LogP contribution in [0, 0.1) is 0 Å². The van der Waals surface area contributed by atoms with Crippen molar-refractivity contribution in [3.8, 4) is 5.75 Å². The van der Waals surface area contributed by atoms with Crippen LogP contribution in [-0.2, 0) is 0 Å². The molecule has 3 nitrogen and oxygen atoms in total. The molecule has 74 valence electrons. The van der Waals surface area contributed by atoms with Gasteiger partial charge in [0.1, 0.15) is 5.75 Å². The normalized spacial score (nSPS) is 11.1. The minimum atomic E-state index is -0.338. The molecule has 1 rings (SSSR count). The molecule has 1 aromatic carbocycles. The largest absolute Gasteiger partial charge is 0.497 e. The maximum atomic E-state index is 8.24. The van der Waals surface area contributed by atoms with Crippen molar-refractivity contribution in [3.63, 3.8) is 0 Å². The van der Waals surface area contributed by atoms with E-state index in [0.29, 0.717) is 6.54 Å². The lowest BCUT2D eigenvalue weighted by Gasteiger charge is -1.93. The Kier molecular flexibility index (Phi) is 6.96. The van der Waals surface area contributed by atoms with Gasteiger partial charge in [0.15, 0.2) is 0 Å². The first-order valence-corrected chi connectivity index (χ1v) is 4.18. The smallest absolute Gasteiger partial charge is 0.118 e. The lowest BCUT2D eigenvalue weighted by Crippen LogP contribution is -2.14. The molecule has 3 N–H and O–H groups in total. The Morgan fingerprint density at radius 2 is 1.85 bits per heavy atom. The van der Waals surface area contributed by atoms with Gasteiger partial charge in [0.25, 0.3) is 0 Å². The number of nitrogens with two attached hydrogens (primary N) is 1. The highest BCUT2D eigenvalue weighted by Crippen LogP contribution is 2.05. The van der Waals surface area contributed by atoms with Crippen LogP contribution in [0.15, 0.2) is 30.3 Å². The molecular weight excluding hydrogens is 166 g/mol. The van der Waals surface area contributed by atoms with Gasteiger partial charge in [0.2, 0.25) is 0 Å². The standard InChI is InChI=1S/C7H8O.C3H9NO/c1-8-7-5-3-2-4-6-7;1-3(5)2-4/h2-6H,1H3;3,5H,2,4H2,1H3. The zero-order chi connectivity index (χ0) is 10.1. The number of hydrogen-bond acceptors (Lipinski definition) is 3. The molecule has 0 aliphatic rings. The zero-order valence-electron chi connectivity index (χ0n) is 8.10. The fraction of sp³-hybridized carbons (Fsp3) is 0.400. The third kappa shape index (κ3) is 7.31. The van der Waals surface area contributed by atoms with Gasteiger partial charge in [-0.05, 0) is 19.1 Å². The Morgan fingerprint density at radius 3 is 2.08 bits per heavy atom. The SMILES string of the molecule is CC(O)CN.COc1ccccc1. The van der Waals surface area contributed by atoms with Gasteiger partial charge in [-0.3, -0.25) is 0 Å². The Hall–Kier alpha value is -1.06. The molecular formula is C10H17NO2. The third-order valence-corrected chi connectivity index (χ3v) is 1.32. The number of benzene rings is 1. The monoisotopic (exact) mass is 183 g/mol. The van der Waals surface area contributed by atoms with Crippen molar-refractivity contribution in [2.24, 2.45) is 5.73 Å². The summed E-state index contributed by atoms with van der Waals surface area (Å²) in [6.45, 7) is 2.01. The van der Waals surface area contributed by atoms with Gasteiger partial charge >= 0.3 is 0 Å². The van der Waals surface area contributed by atoms with E-state index in [1.807, 2.05) is 30.3 Å². The summed E-state index contributed by atoms with van der Waals surface area (Å²) in [7, 11) is 1.66.